The fourth-order valence-electron chi connectivity index (χ4n) is 1.20. The molecule has 17 heavy (non-hydrogen) atoms. The van der Waals surface area contributed by atoms with Crippen molar-refractivity contribution in [3.63, 3.8) is 0 Å². The number of hydrogen-bond acceptors (Lipinski definition) is 4. The van der Waals surface area contributed by atoms with Gasteiger partial charge in [-0.25, -0.2) is 9.78 Å². The SMILES string of the molecule is CSCCC(=O)NCCn1cnc(C(=O)O)c1. The second-order valence-electron chi connectivity index (χ2n) is 3.39. The first kappa shape index (κ1) is 13.6. The third-order valence-electron chi connectivity index (χ3n) is 2.08. The molecule has 0 spiro atoms. The molecule has 0 saturated heterocycles. The molecule has 1 amide bonds. The lowest BCUT2D eigenvalue weighted by Gasteiger charge is -2.04. The number of nitrogens with one attached hydrogen (secondary N) is 1. The Labute approximate surface area is 103 Å². The number of nitrogens with zero attached hydrogens (tertiary/aromatic N) is 2. The van der Waals surface area contributed by atoms with Gasteiger partial charge in [0.15, 0.2) is 5.69 Å². The lowest BCUT2D eigenvalue weighted by Crippen LogP contribution is -2.27. The number of imidazole rings is 1. The van der Waals surface area contributed by atoms with Gasteiger partial charge in [0.25, 0.3) is 0 Å². The Bertz CT molecular complexity index is 392. The zero-order valence-corrected chi connectivity index (χ0v) is 10.4. The monoisotopic (exact) mass is 257 g/mol. The first-order valence-electron chi connectivity index (χ1n) is 5.14. The largest absolute Gasteiger partial charge is 0.476 e. The predicted molar refractivity (Wildman–Crippen MR) is 65.2 cm³/mol. The molecule has 0 aliphatic rings. The third kappa shape index (κ3) is 4.90. The van der Waals surface area contributed by atoms with Gasteiger partial charge in [0.1, 0.15) is 0 Å². The van der Waals surface area contributed by atoms with Gasteiger partial charge in [-0.05, 0) is 6.26 Å². The van der Waals surface area contributed by atoms with Crippen molar-refractivity contribution in [1.29, 1.82) is 0 Å². The van der Waals surface area contributed by atoms with E-state index in [1.165, 1.54) is 12.5 Å². The number of aromatic carboxylic acids is 1. The van der Waals surface area contributed by atoms with Crippen LogP contribution in [0.15, 0.2) is 12.5 Å². The molecule has 0 bridgehead atoms. The highest BCUT2D eigenvalue weighted by atomic mass is 32.2. The lowest BCUT2D eigenvalue weighted by molar-refractivity contribution is -0.120. The molecule has 0 aliphatic heterocycles. The quantitative estimate of drug-likeness (QED) is 0.741. The van der Waals surface area contributed by atoms with Crippen molar-refractivity contribution >= 4 is 23.6 Å². The van der Waals surface area contributed by atoms with Crippen LogP contribution in [0.4, 0.5) is 0 Å². The Morgan fingerprint density at radius 2 is 2.35 bits per heavy atom. The van der Waals surface area contributed by atoms with Crippen LogP contribution in [0.1, 0.15) is 16.9 Å². The molecule has 1 aromatic heterocycles. The van der Waals surface area contributed by atoms with Gasteiger partial charge in [0, 0.05) is 31.5 Å². The minimum Gasteiger partial charge on any atom is -0.476 e. The number of carbonyl (C=O) groups is 2. The number of carboxylic acid groups (broad SMARTS) is 1. The van der Waals surface area contributed by atoms with Crippen molar-refractivity contribution in [3.8, 4) is 0 Å². The smallest absolute Gasteiger partial charge is 0.356 e. The lowest BCUT2D eigenvalue weighted by atomic mass is 10.4. The molecule has 6 nitrogen and oxygen atoms in total. The average Bonchev–Trinajstić information content (AvgIpc) is 2.75. The van der Waals surface area contributed by atoms with Crippen molar-refractivity contribution in [2.45, 2.75) is 13.0 Å². The predicted octanol–water partition coefficient (Wildman–Crippen LogP) is 0.451. The van der Waals surface area contributed by atoms with Gasteiger partial charge in [-0.2, -0.15) is 11.8 Å². The van der Waals surface area contributed by atoms with Gasteiger partial charge in [-0.3, -0.25) is 4.79 Å². The molecule has 0 unspecified atom stereocenters. The highest BCUT2D eigenvalue weighted by Gasteiger charge is 2.06. The van der Waals surface area contributed by atoms with Crippen molar-refractivity contribution in [2.75, 3.05) is 18.6 Å². The van der Waals surface area contributed by atoms with E-state index in [2.05, 4.69) is 10.3 Å². The van der Waals surface area contributed by atoms with E-state index in [9.17, 15) is 9.59 Å². The van der Waals surface area contributed by atoms with Gasteiger partial charge >= 0.3 is 5.97 Å². The summed E-state index contributed by atoms with van der Waals surface area (Å²) < 4.78 is 1.64. The van der Waals surface area contributed by atoms with Crippen LogP contribution in [-0.4, -0.2) is 45.1 Å². The summed E-state index contributed by atoms with van der Waals surface area (Å²) >= 11 is 1.63. The van der Waals surface area contributed by atoms with E-state index in [0.717, 1.165) is 5.75 Å². The van der Waals surface area contributed by atoms with E-state index in [1.54, 1.807) is 16.3 Å². The number of amides is 1. The topological polar surface area (TPSA) is 84.2 Å². The number of carbonyl (C=O) groups excluding carboxylic acids is 1. The molecule has 0 radical (unpaired) electrons. The molecule has 1 aromatic rings. The molecule has 7 heteroatoms. The zero-order chi connectivity index (χ0) is 12.7. The molecule has 1 rings (SSSR count). The number of thioether (sulfide) groups is 1. The van der Waals surface area contributed by atoms with Gasteiger partial charge in [0.2, 0.25) is 5.91 Å². The van der Waals surface area contributed by atoms with E-state index in [1.807, 2.05) is 6.26 Å². The number of carboxylic acids is 1. The standard InChI is InChI=1S/C10H15N3O3S/c1-17-5-2-9(14)11-3-4-13-6-8(10(15)16)12-7-13/h6-7H,2-5H2,1H3,(H,11,14)(H,15,16). The Kier molecular flexibility index (Phi) is 5.55. The molecule has 0 aliphatic carbocycles. The maximum atomic E-state index is 11.3. The first-order chi connectivity index (χ1) is 8.13. The van der Waals surface area contributed by atoms with Crippen molar-refractivity contribution in [2.24, 2.45) is 0 Å². The minimum atomic E-state index is -1.05. The van der Waals surface area contributed by atoms with Crippen molar-refractivity contribution < 1.29 is 14.7 Å². The molecular formula is C10H15N3O3S. The van der Waals surface area contributed by atoms with Gasteiger partial charge < -0.3 is 15.0 Å². The van der Waals surface area contributed by atoms with E-state index in [-0.39, 0.29) is 11.6 Å². The van der Waals surface area contributed by atoms with Crippen LogP contribution >= 0.6 is 11.8 Å². The Balaban J connectivity index is 2.26. The molecule has 0 fully saturated rings. The van der Waals surface area contributed by atoms with E-state index < -0.39 is 5.97 Å². The summed E-state index contributed by atoms with van der Waals surface area (Å²) in [5.74, 6) is -0.231. The minimum absolute atomic E-state index is 0.0120. The molecule has 94 valence electrons. The fraction of sp³-hybridized carbons (Fsp3) is 0.500. The maximum absolute atomic E-state index is 11.3. The van der Waals surface area contributed by atoms with E-state index in [4.69, 9.17) is 5.11 Å². The van der Waals surface area contributed by atoms with E-state index >= 15 is 0 Å². The summed E-state index contributed by atoms with van der Waals surface area (Å²) in [6, 6.07) is 0. The zero-order valence-electron chi connectivity index (χ0n) is 9.55. The molecule has 0 aromatic carbocycles. The molecule has 0 saturated carbocycles. The fourth-order valence-corrected chi connectivity index (χ4v) is 1.59. The highest BCUT2D eigenvalue weighted by molar-refractivity contribution is 7.98. The van der Waals surface area contributed by atoms with Crippen LogP contribution in [0.3, 0.4) is 0 Å². The summed E-state index contributed by atoms with van der Waals surface area (Å²) in [6.07, 6.45) is 5.34. The van der Waals surface area contributed by atoms with Crippen LogP contribution in [0.25, 0.3) is 0 Å². The van der Waals surface area contributed by atoms with Gasteiger partial charge in [-0.1, -0.05) is 0 Å². The Morgan fingerprint density at radius 3 is 2.94 bits per heavy atom. The van der Waals surface area contributed by atoms with Crippen LogP contribution < -0.4 is 5.32 Å². The van der Waals surface area contributed by atoms with E-state index in [0.29, 0.717) is 19.5 Å². The Morgan fingerprint density at radius 1 is 1.59 bits per heavy atom. The van der Waals surface area contributed by atoms with Gasteiger partial charge in [-0.15, -0.1) is 0 Å². The van der Waals surface area contributed by atoms with Crippen molar-refractivity contribution in [3.05, 3.63) is 18.2 Å². The maximum Gasteiger partial charge on any atom is 0.356 e. The normalized spacial score (nSPS) is 10.2. The summed E-state index contributed by atoms with van der Waals surface area (Å²) in [7, 11) is 0. The average molecular weight is 257 g/mol. The highest BCUT2D eigenvalue weighted by Crippen LogP contribution is 1.96. The molecule has 1 heterocycles. The summed E-state index contributed by atoms with van der Waals surface area (Å²) in [5.41, 5.74) is 0.0127. The summed E-state index contributed by atoms with van der Waals surface area (Å²) in [4.78, 5) is 25.5. The summed E-state index contributed by atoms with van der Waals surface area (Å²) in [6.45, 7) is 0.994. The van der Waals surface area contributed by atoms with Gasteiger partial charge in [0.05, 0.1) is 6.33 Å². The van der Waals surface area contributed by atoms with Crippen LogP contribution in [0.2, 0.25) is 0 Å². The number of aromatic nitrogens is 2. The summed E-state index contributed by atoms with van der Waals surface area (Å²) in [5, 5.41) is 11.4. The second-order valence-corrected chi connectivity index (χ2v) is 4.38. The third-order valence-corrected chi connectivity index (χ3v) is 2.69. The number of rotatable bonds is 7. The van der Waals surface area contributed by atoms with Crippen molar-refractivity contribution in [1.82, 2.24) is 14.9 Å². The Hall–Kier alpha value is -1.50. The van der Waals surface area contributed by atoms with Crippen LogP contribution in [0.5, 0.6) is 0 Å². The molecular weight excluding hydrogens is 242 g/mol. The molecule has 0 atom stereocenters. The number of hydrogen-bond donors (Lipinski definition) is 2. The first-order valence-corrected chi connectivity index (χ1v) is 6.53. The second kappa shape index (κ2) is 6.95. The molecule has 2 N–H and O–H groups in total. The van der Waals surface area contributed by atoms with Crippen LogP contribution in [-0.2, 0) is 11.3 Å². The van der Waals surface area contributed by atoms with Crippen LogP contribution in [0, 0.1) is 0 Å².